The zero-order valence-electron chi connectivity index (χ0n) is 14.4. The first-order chi connectivity index (χ1) is 12.6. The lowest BCUT2D eigenvalue weighted by atomic mass is 9.96. The number of halogens is 1. The van der Waals surface area contributed by atoms with E-state index in [1.165, 1.54) is 5.56 Å². The van der Waals surface area contributed by atoms with Gasteiger partial charge >= 0.3 is 0 Å². The zero-order valence-corrected chi connectivity index (χ0v) is 15.2. The zero-order chi connectivity index (χ0) is 18.1. The number of hydrogen-bond acceptors (Lipinski definition) is 1. The number of anilines is 1. The summed E-state index contributed by atoms with van der Waals surface area (Å²) >= 11 is 6.15. The van der Waals surface area contributed by atoms with Crippen molar-refractivity contribution in [2.45, 2.75) is 13.5 Å². The SMILES string of the molecule is CC(=O)N1Cc2cc(-c3ccccc3)ccc2/C=C\c2cc(Cl)ccc21. The first kappa shape index (κ1) is 16.6. The van der Waals surface area contributed by atoms with Crippen LogP contribution in [0.5, 0.6) is 0 Å². The van der Waals surface area contributed by atoms with Gasteiger partial charge in [-0.05, 0) is 52.1 Å². The van der Waals surface area contributed by atoms with Crippen molar-refractivity contribution in [3.05, 3.63) is 88.4 Å². The van der Waals surface area contributed by atoms with Crippen LogP contribution in [-0.4, -0.2) is 5.91 Å². The monoisotopic (exact) mass is 359 g/mol. The molecular formula is C23H18ClNO. The Balaban J connectivity index is 1.84. The topological polar surface area (TPSA) is 20.3 Å². The van der Waals surface area contributed by atoms with Gasteiger partial charge in [0, 0.05) is 11.9 Å². The summed E-state index contributed by atoms with van der Waals surface area (Å²) in [5.41, 5.74) is 6.39. The van der Waals surface area contributed by atoms with Crippen molar-refractivity contribution in [1.29, 1.82) is 0 Å². The van der Waals surface area contributed by atoms with Gasteiger partial charge in [0.15, 0.2) is 0 Å². The second kappa shape index (κ2) is 6.81. The molecule has 1 amide bonds. The third-order valence-corrected chi connectivity index (χ3v) is 4.92. The molecule has 1 heterocycles. The van der Waals surface area contributed by atoms with Crippen LogP contribution in [0, 0.1) is 0 Å². The molecule has 0 atom stereocenters. The van der Waals surface area contributed by atoms with Crippen LogP contribution in [0.25, 0.3) is 23.3 Å². The third kappa shape index (κ3) is 3.16. The Kier molecular flexibility index (Phi) is 4.36. The fraction of sp³-hybridized carbons (Fsp3) is 0.0870. The van der Waals surface area contributed by atoms with Crippen LogP contribution in [0.4, 0.5) is 5.69 Å². The van der Waals surface area contributed by atoms with E-state index in [2.05, 4.69) is 36.4 Å². The molecule has 0 saturated heterocycles. The predicted molar refractivity (Wildman–Crippen MR) is 109 cm³/mol. The van der Waals surface area contributed by atoms with Gasteiger partial charge in [-0.15, -0.1) is 0 Å². The maximum atomic E-state index is 12.3. The van der Waals surface area contributed by atoms with E-state index in [0.717, 1.165) is 27.9 Å². The second-order valence-electron chi connectivity index (χ2n) is 6.42. The summed E-state index contributed by atoms with van der Waals surface area (Å²) < 4.78 is 0. The predicted octanol–water partition coefficient (Wildman–Crippen LogP) is 6.04. The van der Waals surface area contributed by atoms with Crippen LogP contribution >= 0.6 is 11.6 Å². The second-order valence-corrected chi connectivity index (χ2v) is 6.86. The molecule has 0 aromatic heterocycles. The average Bonchev–Trinajstić information content (AvgIpc) is 2.64. The summed E-state index contributed by atoms with van der Waals surface area (Å²) in [4.78, 5) is 14.2. The molecule has 0 N–H and O–H groups in total. The Morgan fingerprint density at radius 2 is 1.65 bits per heavy atom. The highest BCUT2D eigenvalue weighted by Gasteiger charge is 2.19. The van der Waals surface area contributed by atoms with Crippen LogP contribution in [0.15, 0.2) is 66.7 Å². The Bertz CT molecular complexity index is 1010. The van der Waals surface area contributed by atoms with E-state index >= 15 is 0 Å². The van der Waals surface area contributed by atoms with Crippen molar-refractivity contribution in [3.8, 4) is 11.1 Å². The number of hydrogen-bond donors (Lipinski definition) is 0. The fourth-order valence-electron chi connectivity index (χ4n) is 3.34. The van der Waals surface area contributed by atoms with E-state index < -0.39 is 0 Å². The van der Waals surface area contributed by atoms with Crippen molar-refractivity contribution >= 4 is 35.3 Å². The summed E-state index contributed by atoms with van der Waals surface area (Å²) in [5, 5.41) is 0.664. The minimum Gasteiger partial charge on any atom is -0.308 e. The normalized spacial score (nSPS) is 14.0. The summed E-state index contributed by atoms with van der Waals surface area (Å²) in [7, 11) is 0. The highest BCUT2D eigenvalue weighted by Crippen LogP contribution is 2.32. The van der Waals surface area contributed by atoms with E-state index in [9.17, 15) is 4.79 Å². The molecule has 4 rings (SSSR count). The summed E-state index contributed by atoms with van der Waals surface area (Å²) in [6.07, 6.45) is 4.12. The molecule has 0 aliphatic carbocycles. The molecule has 128 valence electrons. The maximum Gasteiger partial charge on any atom is 0.224 e. The highest BCUT2D eigenvalue weighted by atomic mass is 35.5. The van der Waals surface area contributed by atoms with Gasteiger partial charge in [0.2, 0.25) is 5.91 Å². The third-order valence-electron chi connectivity index (χ3n) is 4.68. The molecule has 2 nitrogen and oxygen atoms in total. The number of benzene rings is 3. The number of fused-ring (bicyclic) bond motifs is 2. The Morgan fingerprint density at radius 3 is 2.42 bits per heavy atom. The van der Waals surface area contributed by atoms with Gasteiger partial charge in [-0.1, -0.05) is 66.2 Å². The molecule has 0 saturated carbocycles. The van der Waals surface area contributed by atoms with Gasteiger partial charge in [-0.25, -0.2) is 0 Å². The van der Waals surface area contributed by atoms with Crippen molar-refractivity contribution in [1.82, 2.24) is 0 Å². The molecule has 1 aliphatic rings. The quantitative estimate of drug-likeness (QED) is 0.518. The van der Waals surface area contributed by atoms with Crippen LogP contribution in [0.3, 0.4) is 0 Å². The first-order valence-corrected chi connectivity index (χ1v) is 8.94. The van der Waals surface area contributed by atoms with Crippen LogP contribution in [0.1, 0.15) is 23.6 Å². The van der Waals surface area contributed by atoms with Gasteiger partial charge in [0.1, 0.15) is 0 Å². The minimum atomic E-state index is 0.0138. The van der Waals surface area contributed by atoms with Crippen LogP contribution in [-0.2, 0) is 11.3 Å². The smallest absolute Gasteiger partial charge is 0.224 e. The lowest BCUT2D eigenvalue weighted by Crippen LogP contribution is -2.29. The van der Waals surface area contributed by atoms with Gasteiger partial charge < -0.3 is 4.90 Å². The molecule has 0 unspecified atom stereocenters. The number of carbonyl (C=O) groups excluding carboxylic acids is 1. The molecule has 0 bridgehead atoms. The lowest BCUT2D eigenvalue weighted by molar-refractivity contribution is -0.116. The van der Waals surface area contributed by atoms with Crippen LogP contribution < -0.4 is 4.90 Å². The molecule has 0 spiro atoms. The average molecular weight is 360 g/mol. The summed E-state index contributed by atoms with van der Waals surface area (Å²) in [5.74, 6) is 0.0138. The molecule has 3 aromatic rings. The first-order valence-electron chi connectivity index (χ1n) is 8.56. The maximum absolute atomic E-state index is 12.3. The van der Waals surface area contributed by atoms with Crippen molar-refractivity contribution in [3.63, 3.8) is 0 Å². The van der Waals surface area contributed by atoms with Crippen molar-refractivity contribution in [2.24, 2.45) is 0 Å². The number of nitrogens with zero attached hydrogens (tertiary/aromatic N) is 1. The van der Waals surface area contributed by atoms with Gasteiger partial charge in [0.05, 0.1) is 12.2 Å². The molecule has 3 aromatic carbocycles. The molecular weight excluding hydrogens is 342 g/mol. The van der Waals surface area contributed by atoms with Gasteiger partial charge in [-0.2, -0.15) is 0 Å². The summed E-state index contributed by atoms with van der Waals surface area (Å²) in [6, 6.07) is 22.3. The molecule has 26 heavy (non-hydrogen) atoms. The molecule has 3 heteroatoms. The van der Waals surface area contributed by atoms with E-state index in [0.29, 0.717) is 11.6 Å². The molecule has 0 radical (unpaired) electrons. The van der Waals surface area contributed by atoms with Crippen LogP contribution in [0.2, 0.25) is 5.02 Å². The molecule has 1 aliphatic heterocycles. The van der Waals surface area contributed by atoms with E-state index in [-0.39, 0.29) is 5.91 Å². The minimum absolute atomic E-state index is 0.0138. The highest BCUT2D eigenvalue weighted by molar-refractivity contribution is 6.30. The number of carbonyl (C=O) groups is 1. The van der Waals surface area contributed by atoms with Gasteiger partial charge in [-0.3, -0.25) is 4.79 Å². The van der Waals surface area contributed by atoms with E-state index in [4.69, 9.17) is 11.6 Å². The van der Waals surface area contributed by atoms with Gasteiger partial charge in [0.25, 0.3) is 0 Å². The van der Waals surface area contributed by atoms with E-state index in [1.807, 2.05) is 47.4 Å². The Labute approximate surface area is 158 Å². The lowest BCUT2D eigenvalue weighted by Gasteiger charge is -2.26. The largest absolute Gasteiger partial charge is 0.308 e. The number of amides is 1. The van der Waals surface area contributed by atoms with Crippen molar-refractivity contribution in [2.75, 3.05) is 4.90 Å². The number of rotatable bonds is 1. The fourth-order valence-corrected chi connectivity index (χ4v) is 3.52. The summed E-state index contributed by atoms with van der Waals surface area (Å²) in [6.45, 7) is 2.13. The standard InChI is InChI=1S/C23H18ClNO/c1-16(26)25-15-21-13-19(17-5-3-2-4-6-17)9-7-18(21)8-10-20-14-22(24)11-12-23(20)25/h2-14H,15H2,1H3/b10-8-. The van der Waals surface area contributed by atoms with E-state index in [1.54, 1.807) is 6.92 Å². The molecule has 0 fully saturated rings. The Hall–Kier alpha value is -2.84. The Morgan fingerprint density at radius 1 is 0.885 bits per heavy atom. The van der Waals surface area contributed by atoms with Crippen molar-refractivity contribution < 1.29 is 4.79 Å².